The molecule has 0 radical (unpaired) electrons. The van der Waals surface area contributed by atoms with Crippen molar-refractivity contribution in [2.75, 3.05) is 4.90 Å². The molecule has 0 aliphatic heterocycles. The first kappa shape index (κ1) is 35.7. The number of nitrogens with zero attached hydrogens (tertiary/aromatic N) is 2. The Morgan fingerprint density at radius 3 is 1.88 bits per heavy atom. The fourth-order valence-electron chi connectivity index (χ4n) is 9.91. The Hall–Kier alpha value is -6.69. The van der Waals surface area contributed by atoms with Crippen LogP contribution in [0.15, 0.2) is 176 Å². The summed E-state index contributed by atoms with van der Waals surface area (Å²) in [5.41, 5.74) is 17.8. The Kier molecular flexibility index (Phi) is 9.03. The summed E-state index contributed by atoms with van der Waals surface area (Å²) >= 11 is 0. The molecule has 10 rings (SSSR count). The van der Waals surface area contributed by atoms with E-state index in [0.29, 0.717) is 11.5 Å². The van der Waals surface area contributed by atoms with Gasteiger partial charge in [0.25, 0.3) is 0 Å². The highest BCUT2D eigenvalue weighted by molar-refractivity contribution is 6.07. The van der Waals surface area contributed by atoms with Crippen molar-refractivity contribution < 1.29 is 0 Å². The van der Waals surface area contributed by atoms with Gasteiger partial charge in [-0.2, -0.15) is 5.26 Å². The van der Waals surface area contributed by atoms with Crippen molar-refractivity contribution in [2.24, 2.45) is 0 Å². The average Bonchev–Trinajstić information content (AvgIpc) is 3.52. The van der Waals surface area contributed by atoms with Crippen molar-refractivity contribution in [3.05, 3.63) is 198 Å². The number of hydrogen-bond acceptors (Lipinski definition) is 2. The molecule has 0 atom stereocenters. The van der Waals surface area contributed by atoms with E-state index in [9.17, 15) is 5.26 Å². The molecule has 2 heteroatoms. The van der Waals surface area contributed by atoms with Gasteiger partial charge in [-0.3, -0.25) is 0 Å². The maximum atomic E-state index is 9.97. The predicted octanol–water partition coefficient (Wildman–Crippen LogP) is 15.5. The van der Waals surface area contributed by atoms with Crippen LogP contribution in [0.5, 0.6) is 0 Å². The highest BCUT2D eigenvalue weighted by atomic mass is 15.1. The van der Waals surface area contributed by atoms with Gasteiger partial charge in [0.05, 0.1) is 17.3 Å². The molecular formula is C56H46N2. The molecule has 0 heterocycles. The molecule has 0 N–H and O–H groups in total. The van der Waals surface area contributed by atoms with Gasteiger partial charge in [-0.1, -0.05) is 161 Å². The molecule has 0 amide bonds. The molecule has 0 unspecified atom stereocenters. The molecule has 1 saturated carbocycles. The first-order valence-electron chi connectivity index (χ1n) is 20.8. The zero-order chi connectivity index (χ0) is 39.2. The second kappa shape index (κ2) is 14.7. The number of rotatable bonds is 7. The van der Waals surface area contributed by atoms with Crippen molar-refractivity contribution in [1.29, 1.82) is 5.26 Å². The predicted molar refractivity (Wildman–Crippen MR) is 243 cm³/mol. The van der Waals surface area contributed by atoms with Gasteiger partial charge >= 0.3 is 0 Å². The van der Waals surface area contributed by atoms with Gasteiger partial charge in [0.2, 0.25) is 0 Å². The van der Waals surface area contributed by atoms with Crippen molar-refractivity contribution in [2.45, 2.75) is 57.3 Å². The van der Waals surface area contributed by atoms with Gasteiger partial charge in [-0.05, 0) is 134 Å². The van der Waals surface area contributed by atoms with Gasteiger partial charge in [-0.25, -0.2) is 0 Å². The lowest BCUT2D eigenvalue weighted by Gasteiger charge is -2.31. The molecule has 0 aromatic heterocycles. The lowest BCUT2D eigenvalue weighted by atomic mass is 9.82. The largest absolute Gasteiger partial charge is 0.310 e. The molecule has 0 saturated heterocycles. The number of benzene rings is 8. The van der Waals surface area contributed by atoms with E-state index < -0.39 is 0 Å². The second-order valence-electron chi connectivity index (χ2n) is 16.7. The van der Waals surface area contributed by atoms with E-state index in [1.165, 1.54) is 76.7 Å². The van der Waals surface area contributed by atoms with Crippen LogP contribution < -0.4 is 4.90 Å². The van der Waals surface area contributed by atoms with Crippen molar-refractivity contribution in [3.8, 4) is 50.6 Å². The highest BCUT2D eigenvalue weighted by Gasteiger charge is 2.36. The normalized spacial score (nSPS) is 14.4. The smallest absolute Gasteiger partial charge is 0.0992 e. The van der Waals surface area contributed by atoms with E-state index in [2.05, 4.69) is 183 Å². The standard InChI is InChI=1S/C56H46N2/c1-56(2)52-24-13-12-22-48(52)49-31-30-46(36-53(49)56)58(54-32-27-43(39-15-6-3-7-16-39)35-50(54)40-17-8-4-9-18-40)45-28-25-42(26-29-45)47-23-14-21-44-33-38(37-57)34-51(55(44)47)41-19-10-5-11-20-41/h4-5,8-14,17-36,39H,3,6-7,15-16H2,1-2H3. The van der Waals surface area contributed by atoms with E-state index in [1.54, 1.807) is 0 Å². The molecule has 0 spiro atoms. The van der Waals surface area contributed by atoms with E-state index in [1.807, 2.05) is 18.2 Å². The minimum absolute atomic E-state index is 0.124. The molecular weight excluding hydrogens is 701 g/mol. The number of nitriles is 1. The monoisotopic (exact) mass is 746 g/mol. The van der Waals surface area contributed by atoms with Crippen LogP contribution in [0.1, 0.15) is 74.1 Å². The maximum absolute atomic E-state index is 9.97. The molecule has 2 aliphatic rings. The Labute approximate surface area is 342 Å². The number of fused-ring (bicyclic) bond motifs is 4. The summed E-state index contributed by atoms with van der Waals surface area (Å²) in [6.45, 7) is 4.73. The molecule has 2 aliphatic carbocycles. The lowest BCUT2D eigenvalue weighted by Crippen LogP contribution is -2.17. The minimum Gasteiger partial charge on any atom is -0.310 e. The van der Waals surface area contributed by atoms with Crippen LogP contribution in [0.2, 0.25) is 0 Å². The summed E-state index contributed by atoms with van der Waals surface area (Å²) in [6, 6.07) is 66.7. The van der Waals surface area contributed by atoms with Crippen molar-refractivity contribution in [3.63, 3.8) is 0 Å². The van der Waals surface area contributed by atoms with Gasteiger partial charge in [-0.15, -0.1) is 0 Å². The quantitative estimate of drug-likeness (QED) is 0.162. The lowest BCUT2D eigenvalue weighted by molar-refractivity contribution is 0.444. The highest BCUT2D eigenvalue weighted by Crippen LogP contribution is 2.52. The van der Waals surface area contributed by atoms with Crippen LogP contribution in [0, 0.1) is 11.3 Å². The molecule has 280 valence electrons. The molecule has 58 heavy (non-hydrogen) atoms. The van der Waals surface area contributed by atoms with E-state index in [4.69, 9.17) is 0 Å². The van der Waals surface area contributed by atoms with E-state index >= 15 is 0 Å². The zero-order valence-corrected chi connectivity index (χ0v) is 33.3. The third-order valence-electron chi connectivity index (χ3n) is 12.9. The van der Waals surface area contributed by atoms with Gasteiger partial charge in [0.15, 0.2) is 0 Å². The molecule has 2 nitrogen and oxygen atoms in total. The third-order valence-corrected chi connectivity index (χ3v) is 12.9. The number of hydrogen-bond donors (Lipinski definition) is 0. The van der Waals surface area contributed by atoms with Gasteiger partial charge in [0, 0.05) is 22.4 Å². The fourth-order valence-corrected chi connectivity index (χ4v) is 9.91. The van der Waals surface area contributed by atoms with Crippen LogP contribution in [0.25, 0.3) is 55.3 Å². The van der Waals surface area contributed by atoms with Crippen LogP contribution in [-0.2, 0) is 5.41 Å². The minimum atomic E-state index is -0.124. The van der Waals surface area contributed by atoms with Crippen LogP contribution >= 0.6 is 0 Å². The summed E-state index contributed by atoms with van der Waals surface area (Å²) in [5.74, 6) is 0.600. The summed E-state index contributed by atoms with van der Waals surface area (Å²) < 4.78 is 0. The van der Waals surface area contributed by atoms with Crippen LogP contribution in [-0.4, -0.2) is 0 Å². The topological polar surface area (TPSA) is 27.0 Å². The Bertz CT molecular complexity index is 2840. The summed E-state index contributed by atoms with van der Waals surface area (Å²) in [5, 5.41) is 12.2. The molecule has 1 fully saturated rings. The van der Waals surface area contributed by atoms with E-state index in [0.717, 1.165) is 44.4 Å². The Morgan fingerprint density at radius 2 is 1.14 bits per heavy atom. The van der Waals surface area contributed by atoms with Crippen LogP contribution in [0.3, 0.4) is 0 Å². The average molecular weight is 747 g/mol. The van der Waals surface area contributed by atoms with Gasteiger partial charge < -0.3 is 4.90 Å². The zero-order valence-electron chi connectivity index (χ0n) is 33.3. The third kappa shape index (κ3) is 6.19. The first-order chi connectivity index (χ1) is 28.5. The Morgan fingerprint density at radius 1 is 0.500 bits per heavy atom. The van der Waals surface area contributed by atoms with Gasteiger partial charge in [0.1, 0.15) is 0 Å². The summed E-state index contributed by atoms with van der Waals surface area (Å²) in [7, 11) is 0. The second-order valence-corrected chi connectivity index (χ2v) is 16.7. The van der Waals surface area contributed by atoms with E-state index in [-0.39, 0.29) is 5.41 Å². The van der Waals surface area contributed by atoms with Crippen LogP contribution in [0.4, 0.5) is 17.1 Å². The number of anilines is 3. The van der Waals surface area contributed by atoms with Crippen molar-refractivity contribution >= 4 is 27.8 Å². The Balaban J connectivity index is 1.15. The maximum Gasteiger partial charge on any atom is 0.0992 e. The van der Waals surface area contributed by atoms with Crippen molar-refractivity contribution in [1.82, 2.24) is 0 Å². The first-order valence-corrected chi connectivity index (χ1v) is 20.8. The fraction of sp³-hybridized carbons (Fsp3) is 0.161. The summed E-state index contributed by atoms with van der Waals surface area (Å²) in [6.07, 6.45) is 6.48. The molecule has 0 bridgehead atoms. The SMILES string of the molecule is CC1(C)c2ccccc2-c2ccc(N(c3ccc(-c4cccc5cc(C#N)cc(-c6ccccc6)c45)cc3)c3ccc(C4CCCCC4)cc3-c3ccccc3)cc21. The molecule has 8 aromatic carbocycles. The molecule has 8 aromatic rings. The summed E-state index contributed by atoms with van der Waals surface area (Å²) in [4.78, 5) is 2.48.